The Morgan fingerprint density at radius 2 is 1.83 bits per heavy atom. The largest absolute Gasteiger partial charge is 0.321 e. The third-order valence-corrected chi connectivity index (χ3v) is 6.03. The normalized spacial score (nSPS) is 17.3. The van der Waals surface area contributed by atoms with Gasteiger partial charge in [0.25, 0.3) is 5.56 Å². The Balaban J connectivity index is 1.89. The quantitative estimate of drug-likeness (QED) is 0.728. The van der Waals surface area contributed by atoms with Crippen LogP contribution in [0.2, 0.25) is 0 Å². The van der Waals surface area contributed by atoms with Crippen molar-refractivity contribution < 1.29 is 0 Å². The molecule has 1 atom stereocenters. The van der Waals surface area contributed by atoms with Crippen molar-refractivity contribution in [1.82, 2.24) is 35.0 Å². The maximum atomic E-state index is 13.3. The van der Waals surface area contributed by atoms with Gasteiger partial charge in [-0.15, -0.1) is 5.10 Å². The number of hydrogen-bond acceptors (Lipinski definition) is 6. The van der Waals surface area contributed by atoms with Gasteiger partial charge in [-0.2, -0.15) is 0 Å². The van der Waals surface area contributed by atoms with E-state index in [1.54, 1.807) is 0 Å². The number of aryl methyl sites for hydroxylation is 2. The van der Waals surface area contributed by atoms with E-state index in [-0.39, 0.29) is 17.6 Å². The highest BCUT2D eigenvalue weighted by molar-refractivity contribution is 5.83. The Labute approximate surface area is 170 Å². The summed E-state index contributed by atoms with van der Waals surface area (Å²) in [5.74, 6) is 0.721. The molecule has 8 heteroatoms. The number of fused-ring (bicyclic) bond motifs is 1. The van der Waals surface area contributed by atoms with E-state index in [1.165, 1.54) is 5.56 Å². The van der Waals surface area contributed by atoms with E-state index < -0.39 is 0 Å². The zero-order chi connectivity index (χ0) is 20.7. The molecule has 3 aromatic rings. The lowest BCUT2D eigenvalue weighted by molar-refractivity contribution is 0.120. The third-order valence-electron chi connectivity index (χ3n) is 6.03. The second-order valence-electron chi connectivity index (χ2n) is 8.34. The number of piperazine rings is 1. The van der Waals surface area contributed by atoms with Crippen molar-refractivity contribution in [2.45, 2.75) is 39.8 Å². The highest BCUT2D eigenvalue weighted by Gasteiger charge is 2.32. The molecule has 4 rings (SSSR count). The molecule has 1 aliphatic heterocycles. The minimum absolute atomic E-state index is 0.0755. The van der Waals surface area contributed by atoms with Crippen LogP contribution in [0.5, 0.6) is 0 Å². The molecule has 0 amide bonds. The summed E-state index contributed by atoms with van der Waals surface area (Å²) in [7, 11) is 2.12. The van der Waals surface area contributed by atoms with Gasteiger partial charge in [0.1, 0.15) is 6.04 Å². The second kappa shape index (κ2) is 7.68. The van der Waals surface area contributed by atoms with Crippen LogP contribution in [-0.2, 0) is 0 Å². The Bertz CT molecular complexity index is 1080. The minimum Gasteiger partial charge on any atom is -0.321 e. The van der Waals surface area contributed by atoms with Crippen molar-refractivity contribution in [3.63, 3.8) is 0 Å². The number of nitrogens with zero attached hydrogens (tertiary/aromatic N) is 6. The minimum atomic E-state index is -0.282. The summed E-state index contributed by atoms with van der Waals surface area (Å²) in [6, 6.07) is 6.02. The fourth-order valence-corrected chi connectivity index (χ4v) is 4.07. The fourth-order valence-electron chi connectivity index (χ4n) is 4.07. The molecule has 2 aromatic heterocycles. The molecule has 0 bridgehead atoms. The summed E-state index contributed by atoms with van der Waals surface area (Å²) in [6.07, 6.45) is 0. The Morgan fingerprint density at radius 3 is 2.52 bits per heavy atom. The number of rotatable bonds is 4. The molecule has 1 fully saturated rings. The predicted octanol–water partition coefficient (Wildman–Crippen LogP) is 2.05. The van der Waals surface area contributed by atoms with Gasteiger partial charge >= 0.3 is 0 Å². The summed E-state index contributed by atoms with van der Waals surface area (Å²) in [5, 5.41) is 13.5. The molecule has 3 heterocycles. The lowest BCUT2D eigenvalue weighted by Crippen LogP contribution is -2.47. The van der Waals surface area contributed by atoms with Gasteiger partial charge in [0.15, 0.2) is 5.82 Å². The number of nitrogens with one attached hydrogen (secondary N) is 1. The highest BCUT2D eigenvalue weighted by atomic mass is 16.1. The molecule has 0 saturated carbocycles. The van der Waals surface area contributed by atoms with Crippen LogP contribution in [0.25, 0.3) is 10.9 Å². The number of aromatic nitrogens is 5. The number of tetrazole rings is 1. The SMILES string of the molecule is Cc1ccc2cc([C@@H](c3nnnn3C(C)C)N3CCN(C)CC3)c(=O)[nH]c2c1C. The molecule has 0 spiro atoms. The van der Waals surface area contributed by atoms with E-state index in [9.17, 15) is 4.79 Å². The van der Waals surface area contributed by atoms with Crippen molar-refractivity contribution in [1.29, 1.82) is 0 Å². The first-order valence-corrected chi connectivity index (χ1v) is 10.2. The van der Waals surface area contributed by atoms with Gasteiger partial charge in [0, 0.05) is 31.7 Å². The lowest BCUT2D eigenvalue weighted by Gasteiger charge is -2.37. The zero-order valence-corrected chi connectivity index (χ0v) is 17.8. The Hall–Kier alpha value is -2.58. The molecule has 29 heavy (non-hydrogen) atoms. The molecule has 1 aromatic carbocycles. The van der Waals surface area contributed by atoms with E-state index in [0.717, 1.165) is 48.5 Å². The van der Waals surface area contributed by atoms with Crippen molar-refractivity contribution in [3.05, 3.63) is 51.1 Å². The van der Waals surface area contributed by atoms with Crippen molar-refractivity contribution >= 4 is 10.9 Å². The lowest BCUT2D eigenvalue weighted by atomic mass is 9.99. The highest BCUT2D eigenvalue weighted by Crippen LogP contribution is 2.29. The van der Waals surface area contributed by atoms with Crippen LogP contribution in [0.3, 0.4) is 0 Å². The summed E-state index contributed by atoms with van der Waals surface area (Å²) >= 11 is 0. The number of aromatic amines is 1. The van der Waals surface area contributed by atoms with Gasteiger partial charge in [-0.05, 0) is 67.7 Å². The van der Waals surface area contributed by atoms with Crippen LogP contribution in [-0.4, -0.2) is 68.2 Å². The average molecular weight is 396 g/mol. The van der Waals surface area contributed by atoms with E-state index in [4.69, 9.17) is 0 Å². The van der Waals surface area contributed by atoms with E-state index in [2.05, 4.69) is 70.3 Å². The van der Waals surface area contributed by atoms with E-state index in [0.29, 0.717) is 5.56 Å². The standard InChI is InChI=1S/C21H29N7O/c1-13(2)28-20(23-24-25-28)19(27-10-8-26(5)9-11-27)17-12-16-7-6-14(3)15(4)18(16)22-21(17)29/h6-7,12-13,19H,8-11H2,1-5H3,(H,22,29)/t19-/m0/s1. The monoisotopic (exact) mass is 395 g/mol. The van der Waals surface area contributed by atoms with Gasteiger partial charge < -0.3 is 9.88 Å². The molecule has 1 saturated heterocycles. The second-order valence-corrected chi connectivity index (χ2v) is 8.34. The van der Waals surface area contributed by atoms with Gasteiger partial charge in [0.2, 0.25) is 0 Å². The summed E-state index contributed by atoms with van der Waals surface area (Å²) in [4.78, 5) is 21.0. The van der Waals surface area contributed by atoms with Crippen LogP contribution in [0, 0.1) is 13.8 Å². The topological polar surface area (TPSA) is 82.9 Å². The fraction of sp³-hybridized carbons (Fsp3) is 0.524. The van der Waals surface area contributed by atoms with Gasteiger partial charge in [-0.25, -0.2) is 4.68 Å². The van der Waals surface area contributed by atoms with Crippen LogP contribution in [0.4, 0.5) is 0 Å². The van der Waals surface area contributed by atoms with E-state index >= 15 is 0 Å². The number of benzene rings is 1. The Morgan fingerprint density at radius 1 is 1.10 bits per heavy atom. The molecule has 0 radical (unpaired) electrons. The first-order valence-electron chi connectivity index (χ1n) is 10.2. The third kappa shape index (κ3) is 3.58. The number of H-pyrrole nitrogens is 1. The molecule has 0 unspecified atom stereocenters. The van der Waals surface area contributed by atoms with Gasteiger partial charge in [0.05, 0.1) is 11.6 Å². The molecule has 1 N–H and O–H groups in total. The van der Waals surface area contributed by atoms with Crippen molar-refractivity contribution in [2.24, 2.45) is 0 Å². The summed E-state index contributed by atoms with van der Waals surface area (Å²) in [6.45, 7) is 11.8. The Kier molecular flexibility index (Phi) is 5.23. The number of hydrogen-bond donors (Lipinski definition) is 1. The maximum absolute atomic E-state index is 13.3. The smallest absolute Gasteiger partial charge is 0.253 e. The number of likely N-dealkylation sites (N-methyl/N-ethyl adjacent to an activating group) is 1. The summed E-state index contributed by atoms with van der Waals surface area (Å²) < 4.78 is 1.83. The van der Waals surface area contributed by atoms with Crippen LogP contribution >= 0.6 is 0 Å². The molecule has 8 nitrogen and oxygen atoms in total. The van der Waals surface area contributed by atoms with Crippen molar-refractivity contribution in [2.75, 3.05) is 33.2 Å². The molecule has 0 aliphatic carbocycles. The van der Waals surface area contributed by atoms with Crippen LogP contribution < -0.4 is 5.56 Å². The first kappa shape index (κ1) is 19.7. The predicted molar refractivity (Wildman–Crippen MR) is 113 cm³/mol. The molecular weight excluding hydrogens is 366 g/mol. The number of pyridine rings is 1. The molecule has 1 aliphatic rings. The van der Waals surface area contributed by atoms with Gasteiger partial charge in [-0.3, -0.25) is 9.69 Å². The van der Waals surface area contributed by atoms with Crippen molar-refractivity contribution in [3.8, 4) is 0 Å². The average Bonchev–Trinajstić information content (AvgIpc) is 3.17. The van der Waals surface area contributed by atoms with Crippen LogP contribution in [0.1, 0.15) is 48.4 Å². The molecular formula is C21H29N7O. The van der Waals surface area contributed by atoms with Crippen LogP contribution in [0.15, 0.2) is 23.0 Å². The summed E-state index contributed by atoms with van der Waals surface area (Å²) in [5.41, 5.74) is 3.80. The zero-order valence-electron chi connectivity index (χ0n) is 17.8. The van der Waals surface area contributed by atoms with E-state index in [1.807, 2.05) is 17.7 Å². The van der Waals surface area contributed by atoms with Gasteiger partial charge in [-0.1, -0.05) is 12.1 Å². The maximum Gasteiger partial charge on any atom is 0.253 e. The first-order chi connectivity index (χ1) is 13.9. The molecule has 154 valence electrons.